The molecule has 162 valence electrons. The number of para-hydroxylation sites is 1. The van der Waals surface area contributed by atoms with Crippen LogP contribution in [0.2, 0.25) is 0 Å². The third-order valence-corrected chi connectivity index (χ3v) is 5.04. The number of aryl methyl sites for hydroxylation is 1. The van der Waals surface area contributed by atoms with Crippen LogP contribution in [0.4, 0.5) is 10.5 Å². The van der Waals surface area contributed by atoms with Crippen LogP contribution in [0.15, 0.2) is 60.4 Å². The first-order chi connectivity index (χ1) is 15.3. The molecular formula is C23H21N5O4. The Balaban J connectivity index is 1.54. The molecule has 0 spiro atoms. The number of fused-ring (bicyclic) bond motifs is 1. The van der Waals surface area contributed by atoms with Gasteiger partial charge in [-0.3, -0.25) is 14.4 Å². The van der Waals surface area contributed by atoms with E-state index >= 15 is 0 Å². The van der Waals surface area contributed by atoms with E-state index in [-0.39, 0.29) is 12.2 Å². The molecule has 2 heterocycles. The number of hydrogen-bond donors (Lipinski definition) is 3. The van der Waals surface area contributed by atoms with Gasteiger partial charge in [-0.2, -0.15) is 0 Å². The summed E-state index contributed by atoms with van der Waals surface area (Å²) in [6.07, 6.45) is 3.21. The first kappa shape index (κ1) is 20.9. The Hall–Kier alpha value is -4.40. The van der Waals surface area contributed by atoms with Gasteiger partial charge in [0.05, 0.1) is 0 Å². The van der Waals surface area contributed by atoms with Crippen molar-refractivity contribution < 1.29 is 19.2 Å². The number of anilines is 1. The summed E-state index contributed by atoms with van der Waals surface area (Å²) in [5.74, 6) is -1.60. The highest BCUT2D eigenvalue weighted by Crippen LogP contribution is 2.24. The van der Waals surface area contributed by atoms with Gasteiger partial charge in [-0.25, -0.2) is 9.69 Å². The van der Waals surface area contributed by atoms with Gasteiger partial charge in [0.25, 0.3) is 5.91 Å². The molecular weight excluding hydrogens is 410 g/mol. The predicted octanol–water partition coefficient (Wildman–Crippen LogP) is 1.97. The lowest BCUT2D eigenvalue weighted by molar-refractivity contribution is -0.127. The second kappa shape index (κ2) is 8.38. The van der Waals surface area contributed by atoms with Gasteiger partial charge in [0.15, 0.2) is 0 Å². The van der Waals surface area contributed by atoms with Crippen LogP contribution < -0.4 is 16.4 Å². The van der Waals surface area contributed by atoms with E-state index in [4.69, 9.17) is 5.73 Å². The number of imide groups is 1. The van der Waals surface area contributed by atoms with E-state index < -0.39 is 30.3 Å². The Morgan fingerprint density at radius 1 is 1.06 bits per heavy atom. The molecule has 0 unspecified atom stereocenters. The molecule has 32 heavy (non-hydrogen) atoms. The molecule has 5 amide bonds. The Morgan fingerprint density at radius 3 is 2.50 bits per heavy atom. The fraction of sp³-hybridized carbons (Fsp3) is 0.130. The Kier molecular flexibility index (Phi) is 5.46. The zero-order chi connectivity index (χ0) is 22.8. The number of nitrogens with one attached hydrogen (secondary N) is 2. The highest BCUT2D eigenvalue weighted by molar-refractivity contribution is 6.16. The number of rotatable bonds is 6. The van der Waals surface area contributed by atoms with Gasteiger partial charge in [0, 0.05) is 28.4 Å². The summed E-state index contributed by atoms with van der Waals surface area (Å²) in [7, 11) is 0. The van der Waals surface area contributed by atoms with Crippen molar-refractivity contribution in [3.05, 3.63) is 71.6 Å². The van der Waals surface area contributed by atoms with E-state index in [1.807, 2.05) is 43.3 Å². The smallest absolute Gasteiger partial charge is 0.329 e. The maximum absolute atomic E-state index is 12.8. The van der Waals surface area contributed by atoms with Gasteiger partial charge in [-0.1, -0.05) is 35.9 Å². The third kappa shape index (κ3) is 4.22. The number of carbonyl (C=O) groups excluding carboxylic acids is 4. The summed E-state index contributed by atoms with van der Waals surface area (Å²) in [5.41, 5.74) is 8.39. The molecule has 0 atom stereocenters. The molecule has 9 nitrogen and oxygen atoms in total. The van der Waals surface area contributed by atoms with E-state index in [0.717, 1.165) is 21.4 Å². The van der Waals surface area contributed by atoms with Crippen LogP contribution in [-0.4, -0.2) is 39.8 Å². The Bertz CT molecular complexity index is 1270. The molecule has 3 aromatic rings. The second-order valence-corrected chi connectivity index (χ2v) is 7.49. The largest absolute Gasteiger partial charge is 0.368 e. The quantitative estimate of drug-likeness (QED) is 0.407. The number of hydrogen-bond acceptors (Lipinski definition) is 4. The van der Waals surface area contributed by atoms with E-state index in [9.17, 15) is 19.2 Å². The van der Waals surface area contributed by atoms with Gasteiger partial charge >= 0.3 is 6.03 Å². The van der Waals surface area contributed by atoms with Crippen molar-refractivity contribution in [1.29, 1.82) is 0 Å². The molecule has 4 rings (SSSR count). The summed E-state index contributed by atoms with van der Waals surface area (Å²) in [4.78, 5) is 49.7. The summed E-state index contributed by atoms with van der Waals surface area (Å²) >= 11 is 0. The summed E-state index contributed by atoms with van der Waals surface area (Å²) < 4.78 is 1.68. The van der Waals surface area contributed by atoms with Crippen molar-refractivity contribution in [3.8, 4) is 0 Å². The molecule has 9 heteroatoms. The van der Waals surface area contributed by atoms with Crippen LogP contribution in [-0.2, 0) is 20.9 Å². The molecule has 0 saturated carbocycles. The molecule has 1 aromatic heterocycles. The number of amides is 5. The molecule has 1 saturated heterocycles. The second-order valence-electron chi connectivity index (χ2n) is 7.49. The minimum atomic E-state index is -0.679. The number of primary amides is 1. The van der Waals surface area contributed by atoms with Crippen molar-refractivity contribution >= 4 is 46.4 Å². The lowest BCUT2D eigenvalue weighted by Crippen LogP contribution is -2.38. The van der Waals surface area contributed by atoms with E-state index in [0.29, 0.717) is 11.3 Å². The van der Waals surface area contributed by atoms with Gasteiger partial charge in [0.2, 0.25) is 11.8 Å². The van der Waals surface area contributed by atoms with Crippen molar-refractivity contribution in [1.82, 2.24) is 14.8 Å². The molecule has 0 bridgehead atoms. The lowest BCUT2D eigenvalue weighted by Gasteiger charge is -2.12. The SMILES string of the molecule is Cc1ccc(NC(=O)CN2C(=O)N/C(=C\c3cn(CC(N)=O)c4ccccc34)C2=O)cc1. The average Bonchev–Trinajstić information content (AvgIpc) is 3.22. The fourth-order valence-corrected chi connectivity index (χ4v) is 3.54. The van der Waals surface area contributed by atoms with Gasteiger partial charge < -0.3 is 20.9 Å². The molecule has 0 aliphatic carbocycles. The number of carbonyl (C=O) groups is 4. The summed E-state index contributed by atoms with van der Waals surface area (Å²) in [6, 6.07) is 13.8. The molecule has 1 aliphatic rings. The number of aromatic nitrogens is 1. The molecule has 1 aliphatic heterocycles. The molecule has 0 radical (unpaired) electrons. The maximum Gasteiger partial charge on any atom is 0.329 e. The van der Waals surface area contributed by atoms with Gasteiger partial charge in [-0.15, -0.1) is 0 Å². The highest BCUT2D eigenvalue weighted by atomic mass is 16.2. The highest BCUT2D eigenvalue weighted by Gasteiger charge is 2.35. The van der Waals surface area contributed by atoms with Crippen LogP contribution in [0.3, 0.4) is 0 Å². The predicted molar refractivity (Wildman–Crippen MR) is 119 cm³/mol. The van der Waals surface area contributed by atoms with Crippen LogP contribution in [0, 0.1) is 6.92 Å². The molecule has 1 fully saturated rings. The Morgan fingerprint density at radius 2 is 1.78 bits per heavy atom. The van der Waals surface area contributed by atoms with Crippen molar-refractivity contribution in [2.75, 3.05) is 11.9 Å². The average molecular weight is 431 g/mol. The number of nitrogens with two attached hydrogens (primary N) is 1. The Labute approximate surface area is 183 Å². The number of nitrogens with zero attached hydrogens (tertiary/aromatic N) is 2. The fourth-order valence-electron chi connectivity index (χ4n) is 3.54. The van der Waals surface area contributed by atoms with Crippen molar-refractivity contribution in [2.24, 2.45) is 5.73 Å². The minimum Gasteiger partial charge on any atom is -0.368 e. The monoisotopic (exact) mass is 431 g/mol. The van der Waals surface area contributed by atoms with E-state index in [2.05, 4.69) is 10.6 Å². The molecule has 2 aromatic carbocycles. The zero-order valence-corrected chi connectivity index (χ0v) is 17.3. The normalized spacial score (nSPS) is 14.8. The molecule has 4 N–H and O–H groups in total. The summed E-state index contributed by atoms with van der Waals surface area (Å²) in [6.45, 7) is 1.49. The van der Waals surface area contributed by atoms with Crippen LogP contribution in [0.1, 0.15) is 11.1 Å². The van der Waals surface area contributed by atoms with Crippen molar-refractivity contribution in [2.45, 2.75) is 13.5 Å². The minimum absolute atomic E-state index is 0.0186. The van der Waals surface area contributed by atoms with Crippen LogP contribution >= 0.6 is 0 Å². The number of urea groups is 1. The lowest BCUT2D eigenvalue weighted by atomic mass is 10.1. The first-order valence-electron chi connectivity index (χ1n) is 9.89. The van der Waals surface area contributed by atoms with E-state index in [1.165, 1.54) is 6.08 Å². The van der Waals surface area contributed by atoms with Crippen molar-refractivity contribution in [3.63, 3.8) is 0 Å². The summed E-state index contributed by atoms with van der Waals surface area (Å²) in [5, 5.41) is 5.97. The first-order valence-corrected chi connectivity index (χ1v) is 9.89. The zero-order valence-electron chi connectivity index (χ0n) is 17.3. The third-order valence-electron chi connectivity index (χ3n) is 5.04. The maximum atomic E-state index is 12.8. The number of benzene rings is 2. The van der Waals surface area contributed by atoms with Gasteiger partial charge in [0.1, 0.15) is 18.8 Å². The van der Waals surface area contributed by atoms with E-state index in [1.54, 1.807) is 22.9 Å². The topological polar surface area (TPSA) is 127 Å². The van der Waals surface area contributed by atoms with Gasteiger partial charge in [-0.05, 0) is 31.2 Å². The van der Waals surface area contributed by atoms with Crippen LogP contribution in [0.25, 0.3) is 17.0 Å². The standard InChI is InChI=1S/C23H21N5O4/c1-14-6-8-16(9-7-14)25-21(30)13-28-22(31)18(26-23(28)32)10-15-11-27(12-20(24)29)19-5-3-2-4-17(15)19/h2-11H,12-13H2,1H3,(H2,24,29)(H,25,30)(H,26,32)/b18-10-. The van der Waals surface area contributed by atoms with Crippen LogP contribution in [0.5, 0.6) is 0 Å².